The van der Waals surface area contributed by atoms with Crippen LogP contribution in [0.5, 0.6) is 0 Å². The Morgan fingerprint density at radius 3 is 1.15 bits per heavy atom. The van der Waals surface area contributed by atoms with Gasteiger partial charge in [0, 0.05) is 0 Å². The van der Waals surface area contributed by atoms with Gasteiger partial charge in [-0.15, -0.1) is 0 Å². The van der Waals surface area contributed by atoms with E-state index in [9.17, 15) is 22.6 Å². The number of benzene rings is 1. The number of hydrogen-bond acceptors (Lipinski definition) is 15. The SMILES string of the molecule is O=C(OCCOCCOCCOCCO)c1cc(C(=O)OCCOCCOCCOCCO)cc(S(=O)(=O)[O-])c1. The molecule has 0 aliphatic heterocycles. The highest BCUT2D eigenvalue weighted by molar-refractivity contribution is 7.85. The van der Waals surface area contributed by atoms with E-state index in [4.69, 9.17) is 48.1 Å². The van der Waals surface area contributed by atoms with Crippen molar-refractivity contribution < 1.29 is 70.7 Å². The molecule has 2 N–H and O–H groups in total. The van der Waals surface area contributed by atoms with E-state index in [-0.39, 0.29) is 90.4 Å². The summed E-state index contributed by atoms with van der Waals surface area (Å²) in [6.45, 7) is 2.31. The summed E-state index contributed by atoms with van der Waals surface area (Å²) in [5.41, 5.74) is -0.655. The van der Waals surface area contributed by atoms with Gasteiger partial charge in [-0.2, -0.15) is 0 Å². The van der Waals surface area contributed by atoms with E-state index in [0.717, 1.165) is 18.2 Å². The minimum absolute atomic E-state index is 0.0209. The van der Waals surface area contributed by atoms with Gasteiger partial charge < -0.3 is 52.7 Å². The predicted molar refractivity (Wildman–Crippen MR) is 134 cm³/mol. The van der Waals surface area contributed by atoms with Gasteiger partial charge in [0.05, 0.1) is 109 Å². The third-order valence-corrected chi connectivity index (χ3v) is 5.36. The smallest absolute Gasteiger partial charge is 0.338 e. The Morgan fingerprint density at radius 2 is 0.850 bits per heavy atom. The first-order valence-corrected chi connectivity index (χ1v) is 13.8. The van der Waals surface area contributed by atoms with Crippen LogP contribution in [-0.2, 0) is 48.0 Å². The lowest BCUT2D eigenvalue weighted by atomic mass is 10.1. The molecule has 15 nitrogen and oxygen atoms in total. The fourth-order valence-electron chi connectivity index (χ4n) is 2.75. The van der Waals surface area contributed by atoms with Crippen LogP contribution in [-0.4, -0.2) is 141 Å². The molecule has 0 aromatic heterocycles. The standard InChI is InChI=1S/C24H38O15S/c25-1-3-32-5-7-34-9-11-36-13-15-38-23(27)20-17-21(19-22(18-20)40(29,30)31)24(28)39-16-14-37-12-10-35-8-6-33-4-2-26/h17-19,25-26H,1-16H2,(H,29,30,31)/p-1. The molecule has 0 spiro atoms. The third-order valence-electron chi connectivity index (χ3n) is 4.55. The van der Waals surface area contributed by atoms with Gasteiger partial charge in [-0.05, 0) is 18.2 Å². The Morgan fingerprint density at radius 1 is 0.550 bits per heavy atom. The first-order chi connectivity index (χ1) is 19.3. The van der Waals surface area contributed by atoms with Crippen molar-refractivity contribution in [3.05, 3.63) is 29.3 Å². The highest BCUT2D eigenvalue weighted by Crippen LogP contribution is 2.17. The van der Waals surface area contributed by atoms with Gasteiger partial charge in [0.2, 0.25) is 0 Å². The fourth-order valence-corrected chi connectivity index (χ4v) is 3.29. The third kappa shape index (κ3) is 17.4. The minimum atomic E-state index is -4.99. The summed E-state index contributed by atoms with van der Waals surface area (Å²) in [5, 5.41) is 17.2. The van der Waals surface area contributed by atoms with Crippen LogP contribution < -0.4 is 0 Å². The Kier molecular flexibility index (Phi) is 20.1. The lowest BCUT2D eigenvalue weighted by molar-refractivity contribution is -0.00323. The molecule has 16 heteroatoms. The van der Waals surface area contributed by atoms with Crippen molar-refractivity contribution >= 4 is 22.1 Å². The number of aliphatic hydroxyl groups excluding tert-OH is 2. The average molecular weight is 598 g/mol. The van der Waals surface area contributed by atoms with Crippen molar-refractivity contribution in [3.8, 4) is 0 Å². The number of esters is 2. The molecule has 0 unspecified atom stereocenters. The number of rotatable bonds is 25. The van der Waals surface area contributed by atoms with Crippen LogP contribution in [0.15, 0.2) is 23.1 Å². The van der Waals surface area contributed by atoms with Gasteiger partial charge in [-0.3, -0.25) is 0 Å². The Balaban J connectivity index is 2.41. The largest absolute Gasteiger partial charge is 0.744 e. The van der Waals surface area contributed by atoms with Crippen molar-refractivity contribution in [3.63, 3.8) is 0 Å². The van der Waals surface area contributed by atoms with Crippen molar-refractivity contribution in [2.45, 2.75) is 4.90 Å². The summed E-state index contributed by atoms with van der Waals surface area (Å²) in [6.07, 6.45) is 0. The topological polar surface area (TPSA) is 206 Å². The molecule has 0 aliphatic carbocycles. The summed E-state index contributed by atoms with van der Waals surface area (Å²) in [6, 6.07) is 2.68. The van der Waals surface area contributed by atoms with Gasteiger partial charge in [0.1, 0.15) is 23.3 Å². The second-order valence-electron chi connectivity index (χ2n) is 7.59. The molecule has 0 saturated heterocycles. The second-order valence-corrected chi connectivity index (χ2v) is 8.97. The fraction of sp³-hybridized carbons (Fsp3) is 0.667. The maximum Gasteiger partial charge on any atom is 0.338 e. The number of carbonyl (C=O) groups is 2. The maximum absolute atomic E-state index is 12.4. The molecule has 1 aromatic carbocycles. The summed E-state index contributed by atoms with van der Waals surface area (Å²) in [5.74, 6) is -1.93. The second kappa shape index (κ2) is 22.4. The molecule has 0 radical (unpaired) electrons. The van der Waals surface area contributed by atoms with Gasteiger partial charge >= 0.3 is 11.9 Å². The predicted octanol–water partition coefficient (Wildman–Crippen LogP) is -1.01. The summed E-state index contributed by atoms with van der Waals surface area (Å²) < 4.78 is 75.7. The van der Waals surface area contributed by atoms with E-state index < -0.39 is 27.0 Å². The number of carbonyl (C=O) groups excluding carboxylic acids is 2. The monoisotopic (exact) mass is 597 g/mol. The molecule has 0 fully saturated rings. The van der Waals surface area contributed by atoms with Crippen LogP contribution in [0.4, 0.5) is 0 Å². The van der Waals surface area contributed by atoms with Crippen LogP contribution in [0.25, 0.3) is 0 Å². The van der Waals surface area contributed by atoms with Crippen LogP contribution in [0.3, 0.4) is 0 Å². The molecule has 1 aromatic rings. The normalized spacial score (nSPS) is 11.5. The first-order valence-electron chi connectivity index (χ1n) is 12.4. The lowest BCUT2D eigenvalue weighted by Crippen LogP contribution is -2.16. The molecule has 0 amide bonds. The van der Waals surface area contributed by atoms with Crippen LogP contribution >= 0.6 is 0 Å². The Bertz CT molecular complexity index is 882. The van der Waals surface area contributed by atoms with Gasteiger partial charge in [-0.1, -0.05) is 0 Å². The van der Waals surface area contributed by atoms with Gasteiger partial charge in [-0.25, -0.2) is 18.0 Å². The van der Waals surface area contributed by atoms with E-state index >= 15 is 0 Å². The van der Waals surface area contributed by atoms with Gasteiger partial charge in [0.25, 0.3) is 0 Å². The van der Waals surface area contributed by atoms with Crippen LogP contribution in [0.1, 0.15) is 20.7 Å². The molecule has 0 saturated carbocycles. The van der Waals surface area contributed by atoms with E-state index in [1.165, 1.54) is 0 Å². The minimum Gasteiger partial charge on any atom is -0.744 e. The molecule has 0 bridgehead atoms. The molecule has 0 atom stereocenters. The van der Waals surface area contributed by atoms with E-state index in [1.54, 1.807) is 0 Å². The molecule has 230 valence electrons. The molecular weight excluding hydrogens is 560 g/mol. The van der Waals surface area contributed by atoms with Crippen molar-refractivity contribution in [1.29, 1.82) is 0 Å². The number of ether oxygens (including phenoxy) is 8. The molecule has 0 heterocycles. The average Bonchev–Trinajstić information content (AvgIpc) is 2.93. The molecule has 0 aliphatic rings. The number of aliphatic hydroxyl groups is 2. The summed E-state index contributed by atoms with van der Waals surface area (Å²) >= 11 is 0. The zero-order chi connectivity index (χ0) is 29.5. The quantitative estimate of drug-likeness (QED) is 0.0787. The molecular formula is C24H37O15S-. The Labute approximate surface area is 232 Å². The van der Waals surface area contributed by atoms with Gasteiger partial charge in [0.15, 0.2) is 0 Å². The Hall–Kier alpha value is -2.25. The zero-order valence-electron chi connectivity index (χ0n) is 22.2. The van der Waals surface area contributed by atoms with Crippen LogP contribution in [0.2, 0.25) is 0 Å². The van der Waals surface area contributed by atoms with E-state index in [0.29, 0.717) is 26.4 Å². The van der Waals surface area contributed by atoms with Crippen molar-refractivity contribution in [2.75, 3.05) is 106 Å². The van der Waals surface area contributed by atoms with E-state index in [1.807, 2.05) is 0 Å². The van der Waals surface area contributed by atoms with Crippen LogP contribution in [0, 0.1) is 0 Å². The van der Waals surface area contributed by atoms with Crippen molar-refractivity contribution in [2.24, 2.45) is 0 Å². The number of hydrogen-bond donors (Lipinski definition) is 2. The highest BCUT2D eigenvalue weighted by Gasteiger charge is 2.17. The zero-order valence-corrected chi connectivity index (χ0v) is 23.0. The maximum atomic E-state index is 12.4. The summed E-state index contributed by atoms with van der Waals surface area (Å²) in [7, 11) is -4.99. The molecule has 1 rings (SSSR count). The highest BCUT2D eigenvalue weighted by atomic mass is 32.2. The lowest BCUT2D eigenvalue weighted by Gasteiger charge is -2.12. The van der Waals surface area contributed by atoms with Crippen molar-refractivity contribution in [1.82, 2.24) is 0 Å². The van der Waals surface area contributed by atoms with E-state index in [2.05, 4.69) is 0 Å². The first kappa shape index (κ1) is 35.8. The summed E-state index contributed by atoms with van der Waals surface area (Å²) in [4.78, 5) is 24.0. The molecule has 40 heavy (non-hydrogen) atoms.